The lowest BCUT2D eigenvalue weighted by Crippen LogP contribution is -2.10. The van der Waals surface area contributed by atoms with Gasteiger partial charge in [-0.1, -0.05) is 121 Å². The SMILES string of the molecule is [2H]c1ccc(N(c2ccc([2H])cc2)c2c([2H])c([2H])c3c4c([2H])c5c(c([2H])c4n4c6c([2H])c([2H])c([2H])c([2H])c6c2c34)c2c([2H])c([2H])c(N(c3ccc([2H])cc3)c3ccc([2H])cc3)c3c4c([2H])c([2H])c([2H])c([2H])c4n5c23)cc1. The van der Waals surface area contributed by atoms with E-state index >= 15 is 0 Å². The predicted octanol–water partition coefficient (Wildman–Crippen LogP) is 14.9. The fourth-order valence-corrected chi connectivity index (χ4v) is 8.66. The van der Waals surface area contributed by atoms with E-state index in [9.17, 15) is 13.7 Å². The summed E-state index contributed by atoms with van der Waals surface area (Å²) in [5, 5.41) is -0.327. The van der Waals surface area contributed by atoms with E-state index in [1.165, 1.54) is 57.3 Å². The normalized spacial score (nSPS) is 16.5. The smallest absolute Gasteiger partial charge is 0.0653 e. The molecular weight excluding hydrogens is 705 g/mol. The van der Waals surface area contributed by atoms with Crippen LogP contribution in [0.15, 0.2) is 206 Å². The van der Waals surface area contributed by atoms with Gasteiger partial charge in [0.2, 0.25) is 0 Å². The second kappa shape index (κ2) is 11.8. The van der Waals surface area contributed by atoms with Crippen molar-refractivity contribution in [2.24, 2.45) is 0 Å². The van der Waals surface area contributed by atoms with E-state index in [4.69, 9.17) is 11.0 Å². The fourth-order valence-electron chi connectivity index (χ4n) is 8.66. The van der Waals surface area contributed by atoms with E-state index < -0.39 is 84.6 Å². The largest absolute Gasteiger partial charge is 0.310 e. The van der Waals surface area contributed by atoms with Crippen molar-refractivity contribution in [2.45, 2.75) is 0 Å². The van der Waals surface area contributed by atoms with Crippen LogP contribution in [0.1, 0.15) is 24.7 Å². The van der Waals surface area contributed by atoms with Crippen molar-refractivity contribution < 1.29 is 24.7 Å². The first kappa shape index (κ1) is 18.9. The highest BCUT2D eigenvalue weighted by atomic mass is 15.2. The maximum atomic E-state index is 10.4. The molecular formula is C54H34N4. The summed E-state index contributed by atoms with van der Waals surface area (Å²) in [7, 11) is 0. The lowest BCUT2D eigenvalue weighted by Gasteiger charge is -2.26. The van der Waals surface area contributed by atoms with Gasteiger partial charge in [-0.2, -0.15) is 0 Å². The minimum atomic E-state index is -0.626. The Morgan fingerprint density at radius 2 is 0.672 bits per heavy atom. The lowest BCUT2D eigenvalue weighted by molar-refractivity contribution is 1.30. The first-order valence-electron chi connectivity index (χ1n) is 27.5. The topological polar surface area (TPSA) is 15.3 Å². The van der Waals surface area contributed by atoms with Crippen LogP contribution in [-0.4, -0.2) is 8.80 Å². The average molecular weight is 757 g/mol. The molecule has 13 rings (SSSR count). The number of hydrogen-bond acceptors (Lipinski definition) is 2. The standard InChI is InChI=1S/C54H34N4/c1-5-17-35(18-6-1)55(36-19-7-2-8-20-36)47-31-29-39-43-33-50-44(34-49(43)57-45-27-15-13-25-41(45)51(47)53(39)57)40-30-32-48(52-42-26-14-16-28-46(42)58(50)54(40)52)56(37-21-9-3-10-22-37)38-23-11-4-12-24-38/h1-34H/i1D,2D,3D,4D,13D,14D,15D,16D,25D,26D,27D,28D,29D,30D,31D,32D,33D,34D. The Bertz CT molecular complexity index is 4320. The molecule has 0 radical (unpaired) electrons. The third-order valence-corrected chi connectivity index (χ3v) is 11.0. The molecule has 4 heterocycles. The van der Waals surface area contributed by atoms with Gasteiger partial charge in [-0.25, -0.2) is 0 Å². The molecule has 0 unspecified atom stereocenters. The van der Waals surface area contributed by atoms with Crippen LogP contribution in [0.25, 0.3) is 76.2 Å². The zero-order valence-electron chi connectivity index (χ0n) is 48.0. The van der Waals surface area contributed by atoms with Crippen LogP contribution in [-0.2, 0) is 0 Å². The quantitative estimate of drug-likeness (QED) is 0.168. The highest BCUT2D eigenvalue weighted by molar-refractivity contribution is 6.32. The molecule has 0 amide bonds. The number of fused-ring (bicyclic) bond motifs is 12. The van der Waals surface area contributed by atoms with Crippen molar-refractivity contribution >= 4 is 110 Å². The molecule has 0 fully saturated rings. The van der Waals surface area contributed by atoms with E-state index in [1.807, 2.05) is 0 Å². The highest BCUT2D eigenvalue weighted by Crippen LogP contribution is 2.51. The molecule has 4 nitrogen and oxygen atoms in total. The molecule has 0 N–H and O–H groups in total. The summed E-state index contributed by atoms with van der Waals surface area (Å²) < 4.78 is 171. The van der Waals surface area contributed by atoms with Gasteiger partial charge in [-0.3, -0.25) is 0 Å². The van der Waals surface area contributed by atoms with Crippen molar-refractivity contribution in [3.05, 3.63) is 206 Å². The van der Waals surface area contributed by atoms with E-state index in [-0.39, 0.29) is 112 Å². The Kier molecular flexibility index (Phi) is 3.85. The minimum absolute atomic E-state index is 0.00929. The number of aromatic nitrogens is 2. The molecule has 0 saturated carbocycles. The van der Waals surface area contributed by atoms with Crippen LogP contribution in [0.4, 0.5) is 34.1 Å². The van der Waals surface area contributed by atoms with Gasteiger partial charge >= 0.3 is 0 Å². The number of nitrogens with zero attached hydrogens (tertiary/aromatic N) is 4. The highest BCUT2D eigenvalue weighted by Gasteiger charge is 2.27. The van der Waals surface area contributed by atoms with Gasteiger partial charge in [0.05, 0.1) is 69.1 Å². The molecule has 13 aromatic rings. The Morgan fingerprint density at radius 3 is 1.03 bits per heavy atom. The number of anilines is 6. The van der Waals surface area contributed by atoms with Crippen LogP contribution in [0, 0.1) is 0 Å². The maximum absolute atomic E-state index is 10.4. The molecule has 4 aromatic heterocycles. The third-order valence-electron chi connectivity index (χ3n) is 11.0. The Balaban J connectivity index is 1.29. The third kappa shape index (κ3) is 4.18. The van der Waals surface area contributed by atoms with Crippen LogP contribution in [0.5, 0.6) is 0 Å². The van der Waals surface area contributed by atoms with Crippen molar-refractivity contribution in [2.75, 3.05) is 9.80 Å². The van der Waals surface area contributed by atoms with Gasteiger partial charge in [-0.15, -0.1) is 0 Å². The van der Waals surface area contributed by atoms with Gasteiger partial charge in [0, 0.05) is 65.8 Å². The maximum Gasteiger partial charge on any atom is 0.0653 e. The summed E-state index contributed by atoms with van der Waals surface area (Å²) in [5.74, 6) is 0. The van der Waals surface area contributed by atoms with Crippen LogP contribution >= 0.6 is 0 Å². The van der Waals surface area contributed by atoms with Gasteiger partial charge < -0.3 is 18.6 Å². The zero-order chi connectivity index (χ0) is 53.6. The number of hydrogen-bond donors (Lipinski definition) is 0. The first-order chi connectivity index (χ1) is 36.3. The van der Waals surface area contributed by atoms with E-state index in [0.717, 1.165) is 0 Å². The van der Waals surface area contributed by atoms with Crippen molar-refractivity contribution in [3.63, 3.8) is 0 Å². The number of para-hydroxylation sites is 6. The van der Waals surface area contributed by atoms with Crippen molar-refractivity contribution in [1.82, 2.24) is 8.80 Å². The fraction of sp³-hybridized carbons (Fsp3) is 0. The average Bonchev–Trinajstić information content (AvgIpc) is 4.24. The summed E-state index contributed by atoms with van der Waals surface area (Å²) in [6.45, 7) is 0. The molecule has 0 aliphatic rings. The Morgan fingerprint density at radius 1 is 0.328 bits per heavy atom. The molecule has 58 heavy (non-hydrogen) atoms. The van der Waals surface area contributed by atoms with Gasteiger partial charge in [0.15, 0.2) is 0 Å². The van der Waals surface area contributed by atoms with Crippen LogP contribution < -0.4 is 9.80 Å². The Labute approximate surface area is 359 Å². The van der Waals surface area contributed by atoms with Gasteiger partial charge in [0.25, 0.3) is 0 Å². The molecule has 0 spiro atoms. The summed E-state index contributed by atoms with van der Waals surface area (Å²) in [6, 6.07) is 18.7. The van der Waals surface area contributed by atoms with E-state index in [0.29, 0.717) is 22.7 Å². The second-order valence-corrected chi connectivity index (χ2v) is 13.9. The molecule has 4 heteroatoms. The first-order valence-corrected chi connectivity index (χ1v) is 18.5. The van der Waals surface area contributed by atoms with Crippen molar-refractivity contribution in [3.8, 4) is 0 Å². The lowest BCUT2D eigenvalue weighted by atomic mass is 10.0. The van der Waals surface area contributed by atoms with Crippen molar-refractivity contribution in [1.29, 1.82) is 0 Å². The van der Waals surface area contributed by atoms with Crippen LogP contribution in [0.3, 0.4) is 0 Å². The monoisotopic (exact) mass is 756 g/mol. The molecule has 9 aromatic carbocycles. The predicted molar refractivity (Wildman–Crippen MR) is 245 cm³/mol. The molecule has 0 aliphatic heterocycles. The van der Waals surface area contributed by atoms with E-state index in [2.05, 4.69) is 0 Å². The summed E-state index contributed by atoms with van der Waals surface area (Å²) in [4.78, 5) is 3.21. The molecule has 0 aliphatic carbocycles. The summed E-state index contributed by atoms with van der Waals surface area (Å²) >= 11 is 0. The van der Waals surface area contributed by atoms with E-state index in [1.54, 1.807) is 58.3 Å². The van der Waals surface area contributed by atoms with Gasteiger partial charge in [0.1, 0.15) is 0 Å². The molecule has 270 valence electrons. The zero-order valence-corrected chi connectivity index (χ0v) is 30.0. The minimum Gasteiger partial charge on any atom is -0.310 e. The van der Waals surface area contributed by atoms with Crippen LogP contribution in [0.2, 0.25) is 0 Å². The van der Waals surface area contributed by atoms with Gasteiger partial charge in [-0.05, 0) is 84.8 Å². The number of benzene rings is 9. The Hall–Kier alpha value is -7.82. The molecule has 0 saturated heterocycles. The number of rotatable bonds is 6. The summed E-state index contributed by atoms with van der Waals surface area (Å²) in [6.07, 6.45) is 0. The summed E-state index contributed by atoms with van der Waals surface area (Å²) in [5.41, 5.74) is 1.19. The molecule has 0 bridgehead atoms. The second-order valence-electron chi connectivity index (χ2n) is 13.9. The molecule has 0 atom stereocenters.